The number of rotatable bonds is 3. The van der Waals surface area contributed by atoms with E-state index in [4.69, 9.17) is 5.11 Å². The molecule has 0 bridgehead atoms. The number of aromatic carboxylic acids is 1. The molecule has 24 heavy (non-hydrogen) atoms. The van der Waals surface area contributed by atoms with Gasteiger partial charge >= 0.3 is 24.2 Å². The van der Waals surface area contributed by atoms with Gasteiger partial charge in [-0.3, -0.25) is 9.69 Å². The molecule has 1 amide bonds. The number of nitrogens with zero attached hydrogens (tertiary/aromatic N) is 2. The van der Waals surface area contributed by atoms with Crippen molar-refractivity contribution in [2.45, 2.75) is 44.1 Å². The number of thiazole rings is 1. The summed E-state index contributed by atoms with van der Waals surface area (Å²) >= 11 is -0.0917. The molecule has 1 fully saturated rings. The number of carboxylic acids is 1. The van der Waals surface area contributed by atoms with Crippen LogP contribution < -0.4 is 4.90 Å². The Kier molecular flexibility index (Phi) is 4.79. The Balaban J connectivity index is 2.54. The highest BCUT2D eigenvalue weighted by molar-refractivity contribution is 7.17. The largest absolute Gasteiger partial charge is 0.477 e. The van der Waals surface area contributed by atoms with Crippen molar-refractivity contribution in [3.8, 4) is 0 Å². The van der Waals surface area contributed by atoms with Crippen molar-refractivity contribution in [1.82, 2.24) is 4.98 Å². The molecule has 0 atom stereocenters. The molecule has 0 saturated heterocycles. The summed E-state index contributed by atoms with van der Waals surface area (Å²) in [5.41, 5.74) is -1.81. The van der Waals surface area contributed by atoms with E-state index < -0.39 is 46.0 Å². The zero-order chi connectivity index (χ0) is 18.3. The number of amides is 1. The SMILES string of the molecule is O=C(O)c1sc(N(C(=O)C(F)(F)F)C2CCCC2)nc1C(F)(F)F. The van der Waals surface area contributed by atoms with E-state index in [1.807, 2.05) is 0 Å². The molecular weight excluding hydrogens is 366 g/mol. The summed E-state index contributed by atoms with van der Waals surface area (Å²) in [6.45, 7) is 0. The van der Waals surface area contributed by atoms with Crippen LogP contribution in [0, 0.1) is 0 Å². The lowest BCUT2D eigenvalue weighted by Crippen LogP contribution is -2.46. The van der Waals surface area contributed by atoms with Gasteiger partial charge in [-0.1, -0.05) is 24.2 Å². The number of carbonyl (C=O) groups is 2. The molecule has 1 N–H and O–H groups in total. The lowest BCUT2D eigenvalue weighted by atomic mass is 10.2. The van der Waals surface area contributed by atoms with Crippen LogP contribution in [0.25, 0.3) is 0 Å². The molecule has 0 radical (unpaired) electrons. The van der Waals surface area contributed by atoms with Gasteiger partial charge in [0.1, 0.15) is 4.88 Å². The highest BCUT2D eigenvalue weighted by Gasteiger charge is 2.48. The minimum absolute atomic E-state index is 0.0917. The molecule has 2 rings (SSSR count). The van der Waals surface area contributed by atoms with Gasteiger partial charge in [0, 0.05) is 6.04 Å². The van der Waals surface area contributed by atoms with Gasteiger partial charge in [0.15, 0.2) is 10.8 Å². The Morgan fingerprint density at radius 1 is 1.12 bits per heavy atom. The summed E-state index contributed by atoms with van der Waals surface area (Å²) in [5, 5.41) is 7.92. The third-order valence-corrected chi connectivity index (χ3v) is 4.48. The summed E-state index contributed by atoms with van der Waals surface area (Å²) in [5.74, 6) is -4.33. The molecule has 0 unspecified atom stereocenters. The molecular formula is C12H10F6N2O3S. The molecule has 1 heterocycles. The molecule has 1 saturated carbocycles. The van der Waals surface area contributed by atoms with Crippen molar-refractivity contribution < 1.29 is 41.0 Å². The molecule has 1 aromatic rings. The van der Waals surface area contributed by atoms with Crippen LogP contribution in [-0.2, 0) is 11.0 Å². The van der Waals surface area contributed by atoms with Crippen LogP contribution in [0.3, 0.4) is 0 Å². The molecule has 1 aliphatic rings. The van der Waals surface area contributed by atoms with Gasteiger partial charge in [0.05, 0.1) is 0 Å². The van der Waals surface area contributed by atoms with E-state index in [2.05, 4.69) is 4.98 Å². The number of aromatic nitrogens is 1. The fraction of sp³-hybridized carbons (Fsp3) is 0.583. The fourth-order valence-corrected chi connectivity index (χ4v) is 3.45. The number of hydrogen-bond acceptors (Lipinski definition) is 4. The van der Waals surface area contributed by atoms with Crippen LogP contribution in [0.5, 0.6) is 0 Å². The molecule has 0 aromatic carbocycles. The summed E-state index contributed by atoms with van der Waals surface area (Å²) in [4.78, 5) is 24.5. The molecule has 134 valence electrons. The highest BCUT2D eigenvalue weighted by atomic mass is 32.1. The Bertz CT molecular complexity index is 648. The van der Waals surface area contributed by atoms with Crippen LogP contribution in [0.4, 0.5) is 31.5 Å². The van der Waals surface area contributed by atoms with E-state index in [1.165, 1.54) is 0 Å². The van der Waals surface area contributed by atoms with Gasteiger partial charge in [-0.25, -0.2) is 9.78 Å². The Morgan fingerprint density at radius 3 is 2.04 bits per heavy atom. The molecule has 5 nitrogen and oxygen atoms in total. The van der Waals surface area contributed by atoms with Gasteiger partial charge in [0.2, 0.25) is 0 Å². The second-order valence-corrected chi connectivity index (χ2v) is 6.07. The zero-order valence-electron chi connectivity index (χ0n) is 11.7. The normalized spacial score (nSPS) is 16.4. The van der Waals surface area contributed by atoms with Crippen molar-refractivity contribution in [2.24, 2.45) is 0 Å². The number of hydrogen-bond donors (Lipinski definition) is 1. The van der Waals surface area contributed by atoms with E-state index in [-0.39, 0.29) is 29.1 Å². The van der Waals surface area contributed by atoms with Gasteiger partial charge < -0.3 is 5.11 Å². The lowest BCUT2D eigenvalue weighted by molar-refractivity contribution is -0.171. The first kappa shape index (κ1) is 18.5. The predicted octanol–water partition coefficient (Wildman–Crippen LogP) is 3.70. The molecule has 12 heteroatoms. The number of carboxylic acid groups (broad SMARTS) is 1. The van der Waals surface area contributed by atoms with Crippen LogP contribution >= 0.6 is 11.3 Å². The Labute approximate surface area is 134 Å². The van der Waals surface area contributed by atoms with Crippen molar-refractivity contribution in [3.63, 3.8) is 0 Å². The van der Waals surface area contributed by atoms with Gasteiger partial charge in [0.25, 0.3) is 0 Å². The predicted molar refractivity (Wildman–Crippen MR) is 69.9 cm³/mol. The maximum absolute atomic E-state index is 12.9. The number of carbonyl (C=O) groups excluding carboxylic acids is 1. The van der Waals surface area contributed by atoms with E-state index >= 15 is 0 Å². The summed E-state index contributed by atoms with van der Waals surface area (Å²) in [7, 11) is 0. The lowest BCUT2D eigenvalue weighted by Gasteiger charge is -2.27. The molecule has 0 spiro atoms. The average Bonchev–Trinajstić information content (AvgIpc) is 3.06. The monoisotopic (exact) mass is 376 g/mol. The molecule has 1 aliphatic carbocycles. The minimum atomic E-state index is -5.31. The van der Waals surface area contributed by atoms with Crippen molar-refractivity contribution in [1.29, 1.82) is 0 Å². The summed E-state index contributed by atoms with van der Waals surface area (Å²) < 4.78 is 76.9. The van der Waals surface area contributed by atoms with Gasteiger partial charge in [-0.05, 0) is 12.8 Å². The van der Waals surface area contributed by atoms with Crippen LogP contribution in [0.15, 0.2) is 0 Å². The zero-order valence-corrected chi connectivity index (χ0v) is 12.6. The third-order valence-electron chi connectivity index (χ3n) is 3.44. The number of alkyl halides is 6. The first-order valence-corrected chi connectivity index (χ1v) is 7.46. The summed E-state index contributed by atoms with van der Waals surface area (Å²) in [6, 6.07) is -0.965. The van der Waals surface area contributed by atoms with Crippen LogP contribution in [-0.4, -0.2) is 34.2 Å². The molecule has 0 aliphatic heterocycles. The van der Waals surface area contributed by atoms with Crippen molar-refractivity contribution in [3.05, 3.63) is 10.6 Å². The second kappa shape index (κ2) is 6.22. The molecule has 1 aromatic heterocycles. The fourth-order valence-electron chi connectivity index (χ4n) is 2.46. The second-order valence-electron chi connectivity index (χ2n) is 5.09. The quantitative estimate of drug-likeness (QED) is 0.817. The van der Waals surface area contributed by atoms with Crippen LogP contribution in [0.1, 0.15) is 41.0 Å². The highest BCUT2D eigenvalue weighted by Crippen LogP contribution is 2.40. The third kappa shape index (κ3) is 3.62. The number of halogens is 6. The first-order valence-electron chi connectivity index (χ1n) is 6.64. The standard InChI is InChI=1S/C12H10F6N2O3S/c13-11(14,15)7-6(8(21)22)24-10(19-7)20(5-3-1-2-4-5)9(23)12(16,17)18/h5H,1-4H2,(H,21,22). The van der Waals surface area contributed by atoms with Crippen molar-refractivity contribution >= 4 is 28.3 Å². The first-order chi connectivity index (χ1) is 10.9. The van der Waals surface area contributed by atoms with E-state index in [0.717, 1.165) is 0 Å². The van der Waals surface area contributed by atoms with E-state index in [9.17, 15) is 35.9 Å². The topological polar surface area (TPSA) is 70.5 Å². The smallest absolute Gasteiger partial charge is 0.471 e. The van der Waals surface area contributed by atoms with E-state index in [0.29, 0.717) is 12.8 Å². The maximum Gasteiger partial charge on any atom is 0.471 e. The van der Waals surface area contributed by atoms with Crippen molar-refractivity contribution in [2.75, 3.05) is 4.90 Å². The number of anilines is 1. The maximum atomic E-state index is 12.9. The Hall–Kier alpha value is -1.85. The summed E-state index contributed by atoms with van der Waals surface area (Å²) in [6.07, 6.45) is -9.11. The van der Waals surface area contributed by atoms with Crippen LogP contribution in [0.2, 0.25) is 0 Å². The van der Waals surface area contributed by atoms with Gasteiger partial charge in [-0.2, -0.15) is 26.3 Å². The minimum Gasteiger partial charge on any atom is -0.477 e. The van der Waals surface area contributed by atoms with E-state index in [1.54, 1.807) is 0 Å². The Morgan fingerprint density at radius 2 is 1.67 bits per heavy atom. The average molecular weight is 376 g/mol. The van der Waals surface area contributed by atoms with Gasteiger partial charge in [-0.15, -0.1) is 0 Å².